The van der Waals surface area contributed by atoms with E-state index >= 15 is 0 Å². The first kappa shape index (κ1) is 14.7. The van der Waals surface area contributed by atoms with Gasteiger partial charge in [0.1, 0.15) is 11.6 Å². The van der Waals surface area contributed by atoms with Gasteiger partial charge in [0.2, 0.25) is 0 Å². The molecule has 1 aliphatic carbocycles. The van der Waals surface area contributed by atoms with Crippen LogP contribution in [-0.4, -0.2) is 0 Å². The van der Waals surface area contributed by atoms with Crippen molar-refractivity contribution >= 4 is 12.2 Å². The Morgan fingerprint density at radius 3 is 1.45 bits per heavy atom. The molecule has 0 heterocycles. The molecule has 2 aromatic rings. The SMILES string of the molecule is C=Cc1ccc(C2CCC2c2ccc(C=C)c(F)c2)cc1F. The molecular formula is C20H18F2. The normalized spacial score (nSPS) is 20.3. The van der Waals surface area contributed by atoms with Crippen molar-refractivity contribution in [3.8, 4) is 0 Å². The molecule has 0 amide bonds. The van der Waals surface area contributed by atoms with Crippen molar-refractivity contribution in [1.29, 1.82) is 0 Å². The van der Waals surface area contributed by atoms with Crippen LogP contribution in [0.4, 0.5) is 8.78 Å². The summed E-state index contributed by atoms with van der Waals surface area (Å²) in [7, 11) is 0. The summed E-state index contributed by atoms with van der Waals surface area (Å²) in [5.41, 5.74) is 2.99. The molecule has 22 heavy (non-hydrogen) atoms. The maximum atomic E-state index is 13.9. The van der Waals surface area contributed by atoms with Gasteiger partial charge in [0.15, 0.2) is 0 Å². The molecule has 0 saturated heterocycles. The van der Waals surface area contributed by atoms with E-state index in [9.17, 15) is 8.78 Å². The Balaban J connectivity index is 1.88. The van der Waals surface area contributed by atoms with E-state index in [1.54, 1.807) is 24.3 Å². The van der Waals surface area contributed by atoms with Crippen LogP contribution in [0.5, 0.6) is 0 Å². The maximum Gasteiger partial charge on any atom is 0.130 e. The van der Waals surface area contributed by atoms with Gasteiger partial charge >= 0.3 is 0 Å². The molecule has 112 valence electrons. The van der Waals surface area contributed by atoms with Crippen molar-refractivity contribution in [2.24, 2.45) is 0 Å². The summed E-state index contributed by atoms with van der Waals surface area (Å²) in [5.74, 6) is 0.0161. The topological polar surface area (TPSA) is 0 Å². The number of halogens is 2. The highest BCUT2D eigenvalue weighted by Crippen LogP contribution is 2.49. The van der Waals surface area contributed by atoms with E-state index in [2.05, 4.69) is 13.2 Å². The Kier molecular flexibility index (Phi) is 3.93. The zero-order chi connectivity index (χ0) is 15.7. The van der Waals surface area contributed by atoms with Gasteiger partial charge in [-0.25, -0.2) is 8.78 Å². The lowest BCUT2D eigenvalue weighted by Crippen LogP contribution is -2.22. The third-order valence-electron chi connectivity index (χ3n) is 4.62. The molecule has 0 nitrogen and oxygen atoms in total. The van der Waals surface area contributed by atoms with Crippen molar-refractivity contribution < 1.29 is 8.78 Å². The predicted molar refractivity (Wildman–Crippen MR) is 87.7 cm³/mol. The fourth-order valence-corrected chi connectivity index (χ4v) is 3.18. The molecule has 0 aromatic heterocycles. The Hall–Kier alpha value is -2.22. The van der Waals surface area contributed by atoms with E-state index in [-0.39, 0.29) is 23.5 Å². The highest BCUT2D eigenvalue weighted by atomic mass is 19.1. The van der Waals surface area contributed by atoms with E-state index < -0.39 is 0 Å². The highest BCUT2D eigenvalue weighted by Gasteiger charge is 2.33. The molecule has 0 N–H and O–H groups in total. The first-order valence-corrected chi connectivity index (χ1v) is 7.48. The number of hydrogen-bond donors (Lipinski definition) is 0. The molecule has 0 aliphatic heterocycles. The van der Waals surface area contributed by atoms with Crippen molar-refractivity contribution in [3.63, 3.8) is 0 Å². The van der Waals surface area contributed by atoms with Gasteiger partial charge in [-0.05, 0) is 47.9 Å². The lowest BCUT2D eigenvalue weighted by Gasteiger charge is -2.37. The first-order chi connectivity index (χ1) is 10.6. The second-order valence-corrected chi connectivity index (χ2v) is 5.76. The third kappa shape index (κ3) is 2.50. The van der Waals surface area contributed by atoms with E-state index in [0.29, 0.717) is 11.1 Å². The summed E-state index contributed by atoms with van der Waals surface area (Å²) < 4.78 is 27.8. The van der Waals surface area contributed by atoms with Gasteiger partial charge < -0.3 is 0 Å². The molecule has 1 saturated carbocycles. The van der Waals surface area contributed by atoms with Gasteiger partial charge in [-0.3, -0.25) is 0 Å². The lowest BCUT2D eigenvalue weighted by atomic mass is 9.67. The molecule has 3 rings (SSSR count). The highest BCUT2D eigenvalue weighted by molar-refractivity contribution is 5.51. The summed E-state index contributed by atoms with van der Waals surface area (Å²) in [6.45, 7) is 7.20. The first-order valence-electron chi connectivity index (χ1n) is 7.48. The van der Waals surface area contributed by atoms with Gasteiger partial charge in [-0.2, -0.15) is 0 Å². The summed E-state index contributed by atoms with van der Waals surface area (Å²) >= 11 is 0. The maximum absolute atomic E-state index is 13.9. The van der Waals surface area contributed by atoms with E-state index in [1.165, 1.54) is 12.2 Å². The van der Waals surface area contributed by atoms with Crippen LogP contribution in [0.15, 0.2) is 49.6 Å². The smallest absolute Gasteiger partial charge is 0.130 e. The van der Waals surface area contributed by atoms with Crippen LogP contribution in [0.25, 0.3) is 12.2 Å². The average molecular weight is 296 g/mol. The Morgan fingerprint density at radius 2 is 1.18 bits per heavy atom. The standard InChI is InChI=1S/C20H18F2/c1-3-13-5-7-15(11-19(13)21)17-9-10-18(17)16-8-6-14(4-2)20(22)12-16/h3-8,11-12,17-18H,1-2,9-10H2. The van der Waals surface area contributed by atoms with Crippen molar-refractivity contribution in [1.82, 2.24) is 0 Å². The molecule has 2 atom stereocenters. The molecular weight excluding hydrogens is 278 g/mol. The fraction of sp³-hybridized carbons (Fsp3) is 0.200. The number of benzene rings is 2. The summed E-state index contributed by atoms with van der Waals surface area (Å²) in [4.78, 5) is 0. The quantitative estimate of drug-likeness (QED) is 0.657. The molecule has 0 bridgehead atoms. The van der Waals surface area contributed by atoms with E-state index in [1.807, 2.05) is 12.1 Å². The number of hydrogen-bond acceptors (Lipinski definition) is 0. The van der Waals surface area contributed by atoms with Crippen LogP contribution in [0.1, 0.15) is 46.9 Å². The summed E-state index contributed by atoms with van der Waals surface area (Å²) in [6, 6.07) is 10.6. The molecule has 2 aromatic carbocycles. The largest absolute Gasteiger partial charge is 0.206 e. The predicted octanol–water partition coefficient (Wildman–Crippen LogP) is 5.91. The van der Waals surface area contributed by atoms with Crippen LogP contribution in [0.3, 0.4) is 0 Å². The monoisotopic (exact) mass is 296 g/mol. The molecule has 0 spiro atoms. The van der Waals surface area contributed by atoms with Gasteiger partial charge in [-0.15, -0.1) is 0 Å². The van der Waals surface area contributed by atoms with Crippen molar-refractivity contribution in [2.45, 2.75) is 24.7 Å². The second-order valence-electron chi connectivity index (χ2n) is 5.76. The van der Waals surface area contributed by atoms with Crippen LogP contribution in [-0.2, 0) is 0 Å². The molecule has 1 aliphatic rings. The zero-order valence-electron chi connectivity index (χ0n) is 12.4. The minimum atomic E-state index is -0.244. The fourth-order valence-electron chi connectivity index (χ4n) is 3.18. The van der Waals surface area contributed by atoms with Crippen LogP contribution < -0.4 is 0 Å². The second kappa shape index (κ2) is 5.88. The van der Waals surface area contributed by atoms with Crippen LogP contribution >= 0.6 is 0 Å². The van der Waals surface area contributed by atoms with Crippen molar-refractivity contribution in [2.75, 3.05) is 0 Å². The summed E-state index contributed by atoms with van der Waals surface area (Å²) in [6.07, 6.45) is 5.03. The summed E-state index contributed by atoms with van der Waals surface area (Å²) in [5, 5.41) is 0. The minimum absolute atomic E-state index is 0.244. The molecule has 0 radical (unpaired) electrons. The Bertz CT molecular complexity index is 667. The lowest BCUT2D eigenvalue weighted by molar-refractivity contribution is 0.344. The van der Waals surface area contributed by atoms with Gasteiger partial charge in [-0.1, -0.05) is 49.6 Å². The van der Waals surface area contributed by atoms with Crippen LogP contribution in [0, 0.1) is 11.6 Å². The van der Waals surface area contributed by atoms with Crippen molar-refractivity contribution in [3.05, 3.63) is 83.4 Å². The van der Waals surface area contributed by atoms with Gasteiger partial charge in [0, 0.05) is 11.1 Å². The van der Waals surface area contributed by atoms with E-state index in [0.717, 1.165) is 24.0 Å². The molecule has 2 heteroatoms. The minimum Gasteiger partial charge on any atom is -0.206 e. The average Bonchev–Trinajstić information content (AvgIpc) is 2.46. The van der Waals surface area contributed by atoms with Gasteiger partial charge in [0.25, 0.3) is 0 Å². The van der Waals surface area contributed by atoms with Gasteiger partial charge in [0.05, 0.1) is 0 Å². The zero-order valence-corrected chi connectivity index (χ0v) is 12.4. The van der Waals surface area contributed by atoms with Crippen LogP contribution in [0.2, 0.25) is 0 Å². The Labute approximate surface area is 129 Å². The molecule has 1 fully saturated rings. The molecule has 2 unspecified atom stereocenters. The Morgan fingerprint density at radius 1 is 0.773 bits per heavy atom. The van der Waals surface area contributed by atoms with E-state index in [4.69, 9.17) is 0 Å². The number of rotatable bonds is 4. The third-order valence-corrected chi connectivity index (χ3v) is 4.62.